The molecule has 23 heavy (non-hydrogen) atoms. The van der Waals surface area contributed by atoms with Crippen LogP contribution < -0.4 is 5.43 Å². The fourth-order valence-corrected chi connectivity index (χ4v) is 1.74. The number of amides is 1. The molecule has 5 N–H and O–H groups in total. The summed E-state index contributed by atoms with van der Waals surface area (Å²) in [6, 6.07) is 7.96. The number of carbonyl (C=O) groups is 1. The number of phenols is 3. The highest BCUT2D eigenvalue weighted by Crippen LogP contribution is 2.22. The number of nitrogens with one attached hydrogen (secondary N) is 1. The van der Waals surface area contributed by atoms with E-state index in [1.54, 1.807) is 0 Å². The SMILES string of the molecule is CO.O=C(N/N=C/c1cc(Cl)ccc1O)c1ccc(O)cc1O. The van der Waals surface area contributed by atoms with Crippen LogP contribution in [0.4, 0.5) is 0 Å². The first-order valence-corrected chi connectivity index (χ1v) is 6.64. The zero-order valence-corrected chi connectivity index (χ0v) is 12.8. The molecule has 0 unspecified atom stereocenters. The lowest BCUT2D eigenvalue weighted by atomic mass is 10.2. The summed E-state index contributed by atoms with van der Waals surface area (Å²) < 4.78 is 0. The standard InChI is InChI=1S/C14H11ClN2O4.CH4O/c15-9-1-4-12(19)8(5-9)7-16-17-14(21)11-3-2-10(18)6-13(11)20;1-2/h1-7,18-20H,(H,17,21);2H,1H3/b16-7+;. The van der Waals surface area contributed by atoms with Crippen molar-refractivity contribution < 1.29 is 25.2 Å². The van der Waals surface area contributed by atoms with Gasteiger partial charge >= 0.3 is 0 Å². The Labute approximate surface area is 137 Å². The van der Waals surface area contributed by atoms with Crippen molar-refractivity contribution in [3.8, 4) is 17.2 Å². The van der Waals surface area contributed by atoms with Crippen molar-refractivity contribution in [2.45, 2.75) is 0 Å². The van der Waals surface area contributed by atoms with Crippen molar-refractivity contribution in [1.82, 2.24) is 5.43 Å². The third-order valence-corrected chi connectivity index (χ3v) is 2.82. The van der Waals surface area contributed by atoms with Gasteiger partial charge in [-0.05, 0) is 30.3 Å². The summed E-state index contributed by atoms with van der Waals surface area (Å²) in [5.74, 6) is -1.22. The predicted octanol–water partition coefficient (Wildman–Crippen LogP) is 1.83. The van der Waals surface area contributed by atoms with Gasteiger partial charge in [0.1, 0.15) is 17.2 Å². The molecule has 1 amide bonds. The molecule has 0 aromatic heterocycles. The highest BCUT2D eigenvalue weighted by molar-refractivity contribution is 6.30. The van der Waals surface area contributed by atoms with Gasteiger partial charge in [-0.1, -0.05) is 11.6 Å². The molecule has 2 aromatic rings. The van der Waals surface area contributed by atoms with Gasteiger partial charge < -0.3 is 20.4 Å². The third-order valence-electron chi connectivity index (χ3n) is 2.59. The molecule has 0 aliphatic rings. The molecule has 0 bridgehead atoms. The summed E-state index contributed by atoms with van der Waals surface area (Å²) in [5.41, 5.74) is 2.48. The molecule has 2 aromatic carbocycles. The van der Waals surface area contributed by atoms with Crippen molar-refractivity contribution in [3.05, 3.63) is 52.5 Å². The minimum Gasteiger partial charge on any atom is -0.508 e. The van der Waals surface area contributed by atoms with Crippen LogP contribution in [-0.4, -0.2) is 39.7 Å². The number of hydrogen-bond donors (Lipinski definition) is 5. The van der Waals surface area contributed by atoms with E-state index < -0.39 is 5.91 Å². The fraction of sp³-hybridized carbons (Fsp3) is 0.0667. The maximum atomic E-state index is 11.8. The van der Waals surface area contributed by atoms with Crippen LogP contribution in [0.5, 0.6) is 17.2 Å². The normalized spacial score (nSPS) is 10.0. The molecule has 0 radical (unpaired) electrons. The van der Waals surface area contributed by atoms with Crippen LogP contribution in [0.15, 0.2) is 41.5 Å². The number of rotatable bonds is 3. The van der Waals surface area contributed by atoms with E-state index in [2.05, 4.69) is 10.5 Å². The summed E-state index contributed by atoms with van der Waals surface area (Å²) in [7, 11) is 1.00. The number of aliphatic hydroxyl groups excluding tert-OH is 1. The highest BCUT2D eigenvalue weighted by Gasteiger charge is 2.10. The molecule has 0 aliphatic carbocycles. The Hall–Kier alpha value is -2.77. The molecular weight excluding hydrogens is 324 g/mol. The quantitative estimate of drug-likeness (QED) is 0.431. The molecule has 0 aliphatic heterocycles. The smallest absolute Gasteiger partial charge is 0.275 e. The fourth-order valence-electron chi connectivity index (χ4n) is 1.56. The summed E-state index contributed by atoms with van der Waals surface area (Å²) in [5, 5.41) is 39.3. The van der Waals surface area contributed by atoms with Gasteiger partial charge in [-0.3, -0.25) is 4.79 Å². The first-order valence-electron chi connectivity index (χ1n) is 6.26. The molecular formula is C15H15ClN2O5. The molecule has 122 valence electrons. The lowest BCUT2D eigenvalue weighted by molar-refractivity contribution is 0.0952. The van der Waals surface area contributed by atoms with Crippen molar-refractivity contribution in [3.63, 3.8) is 0 Å². The Balaban J connectivity index is 0.00000127. The van der Waals surface area contributed by atoms with Gasteiger partial charge in [0.15, 0.2) is 0 Å². The predicted molar refractivity (Wildman–Crippen MR) is 86.1 cm³/mol. The second-order valence-corrected chi connectivity index (χ2v) is 4.54. The number of aromatic hydroxyl groups is 3. The largest absolute Gasteiger partial charge is 0.508 e. The number of hydrazone groups is 1. The van der Waals surface area contributed by atoms with E-state index in [-0.39, 0.29) is 22.8 Å². The van der Waals surface area contributed by atoms with Crippen LogP contribution in [-0.2, 0) is 0 Å². The van der Waals surface area contributed by atoms with Gasteiger partial charge in [-0.15, -0.1) is 0 Å². The zero-order chi connectivity index (χ0) is 17.4. The number of carbonyl (C=O) groups excluding carboxylic acids is 1. The lowest BCUT2D eigenvalue weighted by Crippen LogP contribution is -2.17. The molecule has 7 nitrogen and oxygen atoms in total. The molecule has 0 fully saturated rings. The maximum absolute atomic E-state index is 11.8. The Morgan fingerprint density at radius 3 is 2.43 bits per heavy atom. The van der Waals surface area contributed by atoms with Crippen LogP contribution in [0.1, 0.15) is 15.9 Å². The molecule has 0 saturated carbocycles. The minimum atomic E-state index is -0.662. The summed E-state index contributed by atoms with van der Waals surface area (Å²) >= 11 is 5.77. The van der Waals surface area contributed by atoms with Crippen LogP contribution >= 0.6 is 11.6 Å². The zero-order valence-electron chi connectivity index (χ0n) is 12.1. The van der Waals surface area contributed by atoms with Crippen LogP contribution in [0, 0.1) is 0 Å². The first-order chi connectivity index (χ1) is 11.0. The maximum Gasteiger partial charge on any atom is 0.275 e. The van der Waals surface area contributed by atoms with Gasteiger partial charge in [0, 0.05) is 23.8 Å². The second-order valence-electron chi connectivity index (χ2n) is 4.10. The minimum absolute atomic E-state index is 0.0371. The Bertz CT molecular complexity index is 719. The molecule has 0 spiro atoms. The van der Waals surface area contributed by atoms with Crippen LogP contribution in [0.25, 0.3) is 0 Å². The monoisotopic (exact) mass is 338 g/mol. The van der Waals surface area contributed by atoms with Gasteiger partial charge in [-0.25, -0.2) is 5.43 Å². The van der Waals surface area contributed by atoms with Gasteiger partial charge in [0.25, 0.3) is 5.91 Å². The Kier molecular flexibility index (Phi) is 6.85. The summed E-state index contributed by atoms with van der Waals surface area (Å²) in [4.78, 5) is 11.8. The number of benzene rings is 2. The molecule has 0 heterocycles. The van der Waals surface area contributed by atoms with E-state index in [9.17, 15) is 15.0 Å². The third kappa shape index (κ3) is 5.17. The topological polar surface area (TPSA) is 122 Å². The average molecular weight is 339 g/mol. The number of phenolic OH excluding ortho intramolecular Hbond substituents is 3. The second kappa shape index (κ2) is 8.62. The van der Waals surface area contributed by atoms with E-state index >= 15 is 0 Å². The molecule has 0 atom stereocenters. The Morgan fingerprint density at radius 1 is 1.09 bits per heavy atom. The van der Waals surface area contributed by atoms with Crippen molar-refractivity contribution in [1.29, 1.82) is 0 Å². The summed E-state index contributed by atoms with van der Waals surface area (Å²) in [6.45, 7) is 0. The number of aliphatic hydroxyl groups is 1. The Morgan fingerprint density at radius 2 is 1.78 bits per heavy atom. The van der Waals surface area contributed by atoms with E-state index in [0.29, 0.717) is 10.6 Å². The average Bonchev–Trinajstić information content (AvgIpc) is 2.52. The van der Waals surface area contributed by atoms with Crippen molar-refractivity contribution in [2.24, 2.45) is 5.10 Å². The van der Waals surface area contributed by atoms with E-state index in [1.807, 2.05) is 0 Å². The highest BCUT2D eigenvalue weighted by atomic mass is 35.5. The van der Waals surface area contributed by atoms with Gasteiger partial charge in [0.2, 0.25) is 0 Å². The molecule has 8 heteroatoms. The van der Waals surface area contributed by atoms with E-state index in [0.717, 1.165) is 13.2 Å². The van der Waals surface area contributed by atoms with E-state index in [4.69, 9.17) is 21.8 Å². The number of halogens is 1. The number of hydrogen-bond acceptors (Lipinski definition) is 6. The van der Waals surface area contributed by atoms with Gasteiger partial charge in [-0.2, -0.15) is 5.10 Å². The van der Waals surface area contributed by atoms with Crippen molar-refractivity contribution in [2.75, 3.05) is 7.11 Å². The summed E-state index contributed by atoms with van der Waals surface area (Å²) in [6.07, 6.45) is 1.22. The van der Waals surface area contributed by atoms with Gasteiger partial charge in [0.05, 0.1) is 11.8 Å². The number of nitrogens with zero attached hydrogens (tertiary/aromatic N) is 1. The molecule has 0 saturated heterocycles. The lowest BCUT2D eigenvalue weighted by Gasteiger charge is -2.03. The van der Waals surface area contributed by atoms with Crippen LogP contribution in [0.3, 0.4) is 0 Å². The molecule has 2 rings (SSSR count). The first kappa shape index (κ1) is 18.3. The van der Waals surface area contributed by atoms with Crippen LogP contribution in [0.2, 0.25) is 5.02 Å². The van der Waals surface area contributed by atoms with Crippen molar-refractivity contribution >= 4 is 23.7 Å². The van der Waals surface area contributed by atoms with E-state index in [1.165, 1.54) is 36.5 Å².